The Morgan fingerprint density at radius 2 is 2.14 bits per heavy atom. The average molecular weight is 319 g/mol. The van der Waals surface area contributed by atoms with Crippen molar-refractivity contribution in [2.24, 2.45) is 13.0 Å². The van der Waals surface area contributed by atoms with Crippen molar-refractivity contribution in [3.63, 3.8) is 0 Å². The first kappa shape index (κ1) is 16.3. The molecule has 22 heavy (non-hydrogen) atoms. The van der Waals surface area contributed by atoms with Gasteiger partial charge in [-0.2, -0.15) is 18.3 Å². The van der Waals surface area contributed by atoms with E-state index in [1.165, 1.54) is 22.8 Å². The number of piperidine rings is 1. The van der Waals surface area contributed by atoms with Gasteiger partial charge in [-0.05, 0) is 6.42 Å². The lowest BCUT2D eigenvalue weighted by atomic mass is 9.86. The van der Waals surface area contributed by atoms with Gasteiger partial charge >= 0.3 is 12.1 Å². The van der Waals surface area contributed by atoms with E-state index in [4.69, 9.17) is 0 Å². The molecule has 1 aliphatic heterocycles. The summed E-state index contributed by atoms with van der Waals surface area (Å²) in [6.45, 7) is -1.63. The number of rotatable bonds is 3. The summed E-state index contributed by atoms with van der Waals surface area (Å²) in [7, 11) is 3.19. The Balaban J connectivity index is 2.20. The van der Waals surface area contributed by atoms with Crippen molar-refractivity contribution in [3.8, 4) is 0 Å². The minimum Gasteiger partial charge on any atom is -0.456 e. The van der Waals surface area contributed by atoms with Gasteiger partial charge in [-0.3, -0.25) is 14.3 Å². The number of nitrogens with zero attached hydrogens (tertiary/aromatic N) is 3. The average Bonchev–Trinajstić information content (AvgIpc) is 2.84. The van der Waals surface area contributed by atoms with Crippen LogP contribution >= 0.6 is 0 Å². The van der Waals surface area contributed by atoms with E-state index >= 15 is 0 Å². The second-order valence-corrected chi connectivity index (χ2v) is 5.26. The molecule has 0 aliphatic carbocycles. The number of carbonyl (C=O) groups is 2. The van der Waals surface area contributed by atoms with Gasteiger partial charge in [-0.15, -0.1) is 0 Å². The van der Waals surface area contributed by atoms with E-state index in [2.05, 4.69) is 9.84 Å². The topological polar surface area (TPSA) is 64.4 Å². The molecule has 0 aromatic carbocycles. The fourth-order valence-corrected chi connectivity index (χ4v) is 2.59. The van der Waals surface area contributed by atoms with Crippen LogP contribution in [0.15, 0.2) is 12.4 Å². The van der Waals surface area contributed by atoms with Crippen LogP contribution in [0.4, 0.5) is 13.2 Å². The van der Waals surface area contributed by atoms with Crippen molar-refractivity contribution in [1.82, 2.24) is 14.7 Å². The lowest BCUT2D eigenvalue weighted by molar-refractivity contribution is -0.191. The second-order valence-electron chi connectivity index (χ2n) is 5.26. The molecule has 1 saturated heterocycles. The summed E-state index contributed by atoms with van der Waals surface area (Å²) < 4.78 is 42.4. The first-order valence-electron chi connectivity index (χ1n) is 6.66. The van der Waals surface area contributed by atoms with Gasteiger partial charge in [0.2, 0.25) is 5.91 Å². The number of hydrogen-bond acceptors (Lipinski definition) is 4. The number of amides is 1. The summed E-state index contributed by atoms with van der Waals surface area (Å²) in [6, 6.07) is -0.671. The molecule has 6 nitrogen and oxygen atoms in total. The van der Waals surface area contributed by atoms with Crippen LogP contribution in [-0.2, 0) is 21.4 Å². The molecule has 0 N–H and O–H groups in total. The standard InChI is InChI=1S/C13H16F3N3O3/c1-18-6-8(5-17-18)11-9(3-4-10(20)19(11)2)12(21)22-7-13(14,15)16/h5-6,9,11H,3-4,7H2,1-2H3. The fourth-order valence-electron chi connectivity index (χ4n) is 2.59. The van der Waals surface area contributed by atoms with Crippen molar-refractivity contribution < 1.29 is 27.5 Å². The first-order valence-corrected chi connectivity index (χ1v) is 6.66. The summed E-state index contributed by atoms with van der Waals surface area (Å²) in [5.41, 5.74) is 0.590. The molecule has 1 aromatic rings. The number of likely N-dealkylation sites (tertiary alicyclic amines) is 1. The third kappa shape index (κ3) is 3.58. The van der Waals surface area contributed by atoms with Gasteiger partial charge in [0.15, 0.2) is 6.61 Å². The highest BCUT2D eigenvalue weighted by Crippen LogP contribution is 2.36. The van der Waals surface area contributed by atoms with Crippen LogP contribution in [0.5, 0.6) is 0 Å². The third-order valence-corrected chi connectivity index (χ3v) is 3.61. The maximum Gasteiger partial charge on any atom is 0.422 e. The Hall–Kier alpha value is -2.06. The van der Waals surface area contributed by atoms with Crippen LogP contribution in [0.1, 0.15) is 24.4 Å². The number of carbonyl (C=O) groups excluding carboxylic acids is 2. The van der Waals surface area contributed by atoms with Crippen LogP contribution in [0.3, 0.4) is 0 Å². The van der Waals surface area contributed by atoms with E-state index in [-0.39, 0.29) is 18.7 Å². The molecule has 122 valence electrons. The molecule has 0 bridgehead atoms. The Labute approximate surface area is 124 Å². The molecular weight excluding hydrogens is 303 g/mol. The summed E-state index contributed by atoms with van der Waals surface area (Å²) in [6.07, 6.45) is -1.21. The largest absolute Gasteiger partial charge is 0.456 e. The van der Waals surface area contributed by atoms with Crippen molar-refractivity contribution in [1.29, 1.82) is 0 Å². The zero-order valence-electron chi connectivity index (χ0n) is 12.1. The molecule has 0 saturated carbocycles. The van der Waals surface area contributed by atoms with E-state index in [1.54, 1.807) is 13.2 Å². The SMILES string of the molecule is CN1C(=O)CCC(C(=O)OCC(F)(F)F)C1c1cnn(C)c1. The van der Waals surface area contributed by atoms with Crippen molar-refractivity contribution >= 4 is 11.9 Å². The predicted octanol–water partition coefficient (Wildman–Crippen LogP) is 1.44. The molecule has 1 aromatic heterocycles. The molecule has 2 atom stereocenters. The fraction of sp³-hybridized carbons (Fsp3) is 0.615. The summed E-state index contributed by atoms with van der Waals surface area (Å²) in [5, 5.41) is 3.98. The molecule has 9 heteroatoms. The minimum absolute atomic E-state index is 0.0963. The molecular formula is C13H16F3N3O3. The quantitative estimate of drug-likeness (QED) is 0.791. The highest BCUT2D eigenvalue weighted by molar-refractivity contribution is 5.82. The molecule has 0 spiro atoms. The van der Waals surface area contributed by atoms with E-state index in [0.29, 0.717) is 5.56 Å². The molecule has 1 fully saturated rings. The Bertz CT molecular complexity index is 570. The second kappa shape index (κ2) is 5.98. The van der Waals surface area contributed by atoms with E-state index in [0.717, 1.165) is 0 Å². The van der Waals surface area contributed by atoms with Crippen LogP contribution in [0, 0.1) is 5.92 Å². The van der Waals surface area contributed by atoms with Gasteiger partial charge in [-0.25, -0.2) is 0 Å². The van der Waals surface area contributed by atoms with Gasteiger partial charge in [0.05, 0.1) is 18.2 Å². The number of halogens is 3. The highest BCUT2D eigenvalue weighted by atomic mass is 19.4. The predicted molar refractivity (Wildman–Crippen MR) is 68.5 cm³/mol. The van der Waals surface area contributed by atoms with Crippen molar-refractivity contribution in [2.45, 2.75) is 25.1 Å². The van der Waals surface area contributed by atoms with Crippen molar-refractivity contribution in [2.75, 3.05) is 13.7 Å². The highest BCUT2D eigenvalue weighted by Gasteiger charge is 2.41. The minimum atomic E-state index is -4.57. The number of aryl methyl sites for hydroxylation is 1. The number of hydrogen-bond donors (Lipinski definition) is 0. The van der Waals surface area contributed by atoms with Gasteiger partial charge in [0, 0.05) is 32.3 Å². The molecule has 0 radical (unpaired) electrons. The normalized spacial score (nSPS) is 22.8. The zero-order valence-corrected chi connectivity index (χ0v) is 12.1. The molecule has 2 unspecified atom stereocenters. The number of alkyl halides is 3. The van der Waals surface area contributed by atoms with E-state index < -0.39 is 30.7 Å². The lowest BCUT2D eigenvalue weighted by Gasteiger charge is -2.37. The van der Waals surface area contributed by atoms with Crippen LogP contribution < -0.4 is 0 Å². The van der Waals surface area contributed by atoms with Crippen molar-refractivity contribution in [3.05, 3.63) is 18.0 Å². The Morgan fingerprint density at radius 1 is 1.45 bits per heavy atom. The van der Waals surface area contributed by atoms with E-state index in [9.17, 15) is 22.8 Å². The van der Waals surface area contributed by atoms with Crippen LogP contribution in [0.25, 0.3) is 0 Å². The number of aromatic nitrogens is 2. The number of esters is 1. The summed E-state index contributed by atoms with van der Waals surface area (Å²) >= 11 is 0. The van der Waals surface area contributed by atoms with Gasteiger partial charge in [0.25, 0.3) is 0 Å². The van der Waals surface area contributed by atoms with Gasteiger partial charge in [-0.1, -0.05) is 0 Å². The van der Waals surface area contributed by atoms with E-state index in [1.807, 2.05) is 0 Å². The third-order valence-electron chi connectivity index (χ3n) is 3.61. The zero-order chi connectivity index (χ0) is 16.5. The molecule has 1 aliphatic rings. The molecule has 2 rings (SSSR count). The van der Waals surface area contributed by atoms with Crippen LogP contribution in [0.2, 0.25) is 0 Å². The maximum atomic E-state index is 12.2. The van der Waals surface area contributed by atoms with Gasteiger partial charge in [0.1, 0.15) is 0 Å². The number of ether oxygens (including phenoxy) is 1. The molecule has 2 heterocycles. The summed E-state index contributed by atoms with van der Waals surface area (Å²) in [5.74, 6) is -1.96. The maximum absolute atomic E-state index is 12.2. The monoisotopic (exact) mass is 319 g/mol. The first-order chi connectivity index (χ1) is 10.2. The Morgan fingerprint density at radius 3 is 2.68 bits per heavy atom. The lowest BCUT2D eigenvalue weighted by Crippen LogP contribution is -2.43. The molecule has 1 amide bonds. The Kier molecular flexibility index (Phi) is 4.43. The smallest absolute Gasteiger partial charge is 0.422 e. The summed E-state index contributed by atoms with van der Waals surface area (Å²) in [4.78, 5) is 25.2. The van der Waals surface area contributed by atoms with Gasteiger partial charge < -0.3 is 9.64 Å². The van der Waals surface area contributed by atoms with Crippen LogP contribution in [-0.4, -0.2) is 46.4 Å².